The van der Waals surface area contributed by atoms with Crippen LogP contribution in [0.15, 0.2) is 36.7 Å². The Balaban J connectivity index is 2.20. The zero-order valence-corrected chi connectivity index (χ0v) is 10.3. The summed E-state index contributed by atoms with van der Waals surface area (Å²) in [4.78, 5) is 15.0. The Labute approximate surface area is 109 Å². The summed E-state index contributed by atoms with van der Waals surface area (Å²) < 4.78 is 18.8. The summed E-state index contributed by atoms with van der Waals surface area (Å²) in [5, 5.41) is 8.96. The highest BCUT2D eigenvalue weighted by atomic mass is 19.1. The largest absolute Gasteiger partial charge is 0.488 e. The van der Waals surface area contributed by atoms with E-state index >= 15 is 0 Å². The van der Waals surface area contributed by atoms with Crippen molar-refractivity contribution in [1.82, 2.24) is 4.98 Å². The number of ether oxygens (including phenoxy) is 1. The smallest absolute Gasteiger partial charge is 0.342 e. The average Bonchev–Trinajstić information content (AvgIpc) is 2.36. The molecule has 0 bridgehead atoms. The van der Waals surface area contributed by atoms with Gasteiger partial charge in [-0.25, -0.2) is 9.18 Å². The van der Waals surface area contributed by atoms with Crippen molar-refractivity contribution < 1.29 is 19.0 Å². The molecule has 0 saturated heterocycles. The Morgan fingerprint density at radius 1 is 1.42 bits per heavy atom. The Kier molecular flexibility index (Phi) is 3.75. The number of benzene rings is 1. The molecule has 0 aliphatic heterocycles. The highest BCUT2D eigenvalue weighted by Crippen LogP contribution is 2.22. The standard InChI is InChI=1S/C14H12FNO3/c1-9-5-10(7-16-6-9)8-19-12-4-2-3-11(15)13(12)14(17)18/h2-7H,8H2,1H3,(H,17,18). The molecule has 2 aromatic rings. The van der Waals surface area contributed by atoms with Gasteiger partial charge in [0.15, 0.2) is 0 Å². The molecule has 98 valence electrons. The third-order valence-corrected chi connectivity index (χ3v) is 2.52. The zero-order valence-electron chi connectivity index (χ0n) is 10.3. The fraction of sp³-hybridized carbons (Fsp3) is 0.143. The highest BCUT2D eigenvalue weighted by Gasteiger charge is 2.16. The monoisotopic (exact) mass is 261 g/mol. The number of aromatic carboxylic acids is 1. The topological polar surface area (TPSA) is 59.4 Å². The molecule has 0 spiro atoms. The number of pyridine rings is 1. The maximum absolute atomic E-state index is 13.4. The Bertz CT molecular complexity index is 613. The van der Waals surface area contributed by atoms with E-state index in [4.69, 9.17) is 9.84 Å². The molecule has 4 nitrogen and oxygen atoms in total. The summed E-state index contributed by atoms with van der Waals surface area (Å²) in [5.74, 6) is -2.16. The van der Waals surface area contributed by atoms with Gasteiger partial charge in [-0.05, 0) is 30.7 Å². The Morgan fingerprint density at radius 3 is 2.89 bits per heavy atom. The number of hydrogen-bond donors (Lipinski definition) is 1. The zero-order chi connectivity index (χ0) is 13.8. The molecule has 1 aromatic heterocycles. The van der Waals surface area contributed by atoms with E-state index in [1.807, 2.05) is 13.0 Å². The van der Waals surface area contributed by atoms with Crippen LogP contribution in [0, 0.1) is 12.7 Å². The van der Waals surface area contributed by atoms with Gasteiger partial charge in [-0.3, -0.25) is 4.98 Å². The summed E-state index contributed by atoms with van der Waals surface area (Å²) in [7, 11) is 0. The predicted octanol–water partition coefficient (Wildman–Crippen LogP) is 2.81. The van der Waals surface area contributed by atoms with Crippen LogP contribution in [0.4, 0.5) is 4.39 Å². The number of carbonyl (C=O) groups is 1. The molecule has 1 N–H and O–H groups in total. The van der Waals surface area contributed by atoms with E-state index < -0.39 is 17.3 Å². The van der Waals surface area contributed by atoms with Gasteiger partial charge in [-0.1, -0.05) is 6.07 Å². The summed E-state index contributed by atoms with van der Waals surface area (Å²) in [6, 6.07) is 5.79. The normalized spacial score (nSPS) is 10.2. The number of carboxylic acid groups (broad SMARTS) is 1. The van der Waals surface area contributed by atoms with Gasteiger partial charge in [0.25, 0.3) is 0 Å². The minimum Gasteiger partial charge on any atom is -0.488 e. The SMILES string of the molecule is Cc1cncc(COc2cccc(F)c2C(=O)O)c1. The lowest BCUT2D eigenvalue weighted by Crippen LogP contribution is -2.06. The van der Waals surface area contributed by atoms with Crippen LogP contribution in [-0.4, -0.2) is 16.1 Å². The van der Waals surface area contributed by atoms with Crippen LogP contribution in [0.5, 0.6) is 5.75 Å². The first-order chi connectivity index (χ1) is 9.08. The fourth-order valence-corrected chi connectivity index (χ4v) is 1.69. The second kappa shape index (κ2) is 5.48. The molecule has 0 aliphatic carbocycles. The van der Waals surface area contributed by atoms with Crippen molar-refractivity contribution in [1.29, 1.82) is 0 Å². The van der Waals surface area contributed by atoms with Gasteiger partial charge in [0.1, 0.15) is 23.7 Å². The number of aryl methyl sites for hydroxylation is 1. The number of rotatable bonds is 4. The molecule has 1 aromatic carbocycles. The quantitative estimate of drug-likeness (QED) is 0.919. The van der Waals surface area contributed by atoms with E-state index in [2.05, 4.69) is 4.98 Å². The van der Waals surface area contributed by atoms with E-state index in [0.717, 1.165) is 17.2 Å². The molecule has 0 fully saturated rings. The summed E-state index contributed by atoms with van der Waals surface area (Å²) in [6.45, 7) is 2.03. The number of nitrogens with zero attached hydrogens (tertiary/aromatic N) is 1. The van der Waals surface area contributed by atoms with Crippen LogP contribution in [0.25, 0.3) is 0 Å². The van der Waals surface area contributed by atoms with Crippen LogP contribution < -0.4 is 4.74 Å². The minimum atomic E-state index is -1.35. The lowest BCUT2D eigenvalue weighted by Gasteiger charge is -2.09. The molecule has 0 aliphatic rings. The summed E-state index contributed by atoms with van der Waals surface area (Å²) >= 11 is 0. The predicted molar refractivity (Wildman–Crippen MR) is 66.7 cm³/mol. The van der Waals surface area contributed by atoms with Crippen LogP contribution >= 0.6 is 0 Å². The van der Waals surface area contributed by atoms with Gasteiger partial charge in [0.05, 0.1) is 0 Å². The minimum absolute atomic E-state index is 0.00834. The molecule has 1 heterocycles. The van der Waals surface area contributed by atoms with E-state index in [9.17, 15) is 9.18 Å². The van der Waals surface area contributed by atoms with E-state index in [1.54, 1.807) is 12.4 Å². The molecule has 0 saturated carbocycles. The van der Waals surface area contributed by atoms with Crippen molar-refractivity contribution in [2.24, 2.45) is 0 Å². The molecule has 0 radical (unpaired) electrons. The molecular formula is C14H12FNO3. The molecule has 0 amide bonds. The highest BCUT2D eigenvalue weighted by molar-refractivity contribution is 5.91. The van der Waals surface area contributed by atoms with Crippen LogP contribution in [0.3, 0.4) is 0 Å². The van der Waals surface area contributed by atoms with Crippen LogP contribution in [0.2, 0.25) is 0 Å². The maximum Gasteiger partial charge on any atom is 0.342 e. The second-order valence-corrected chi connectivity index (χ2v) is 4.08. The van der Waals surface area contributed by atoms with E-state index in [0.29, 0.717) is 0 Å². The Hall–Kier alpha value is -2.43. The van der Waals surface area contributed by atoms with Crippen molar-refractivity contribution >= 4 is 5.97 Å². The van der Waals surface area contributed by atoms with Crippen molar-refractivity contribution in [2.75, 3.05) is 0 Å². The first kappa shape index (κ1) is 13.0. The molecule has 5 heteroatoms. The summed E-state index contributed by atoms with van der Waals surface area (Å²) in [6.07, 6.45) is 3.32. The van der Waals surface area contributed by atoms with Gasteiger partial charge >= 0.3 is 5.97 Å². The lowest BCUT2D eigenvalue weighted by atomic mass is 10.2. The maximum atomic E-state index is 13.4. The van der Waals surface area contributed by atoms with Crippen molar-refractivity contribution in [3.8, 4) is 5.75 Å². The Morgan fingerprint density at radius 2 is 2.21 bits per heavy atom. The first-order valence-corrected chi connectivity index (χ1v) is 5.63. The van der Waals surface area contributed by atoms with Gasteiger partial charge in [0.2, 0.25) is 0 Å². The number of hydrogen-bond acceptors (Lipinski definition) is 3. The van der Waals surface area contributed by atoms with Crippen molar-refractivity contribution in [2.45, 2.75) is 13.5 Å². The third kappa shape index (κ3) is 3.07. The van der Waals surface area contributed by atoms with E-state index in [-0.39, 0.29) is 12.4 Å². The molecule has 0 unspecified atom stereocenters. The van der Waals surface area contributed by atoms with Gasteiger partial charge in [0, 0.05) is 18.0 Å². The second-order valence-electron chi connectivity index (χ2n) is 4.08. The van der Waals surface area contributed by atoms with Gasteiger partial charge in [-0.2, -0.15) is 0 Å². The third-order valence-electron chi connectivity index (χ3n) is 2.52. The van der Waals surface area contributed by atoms with Crippen molar-refractivity contribution in [3.63, 3.8) is 0 Å². The molecule has 19 heavy (non-hydrogen) atoms. The van der Waals surface area contributed by atoms with E-state index in [1.165, 1.54) is 12.1 Å². The van der Waals surface area contributed by atoms with Gasteiger partial charge < -0.3 is 9.84 Å². The molecule has 2 rings (SSSR count). The molecule has 0 atom stereocenters. The number of carboxylic acids is 1. The van der Waals surface area contributed by atoms with Crippen molar-refractivity contribution in [3.05, 3.63) is 59.2 Å². The summed E-state index contributed by atoms with van der Waals surface area (Å²) in [5.41, 5.74) is 1.31. The van der Waals surface area contributed by atoms with Gasteiger partial charge in [-0.15, -0.1) is 0 Å². The average molecular weight is 261 g/mol. The van der Waals surface area contributed by atoms with Crippen LogP contribution in [0.1, 0.15) is 21.5 Å². The molecular weight excluding hydrogens is 249 g/mol. The lowest BCUT2D eigenvalue weighted by molar-refractivity contribution is 0.0686. The number of halogens is 1. The van der Waals surface area contributed by atoms with Crippen LogP contribution in [-0.2, 0) is 6.61 Å². The number of aromatic nitrogens is 1. The first-order valence-electron chi connectivity index (χ1n) is 5.63. The fourth-order valence-electron chi connectivity index (χ4n) is 1.69.